The van der Waals surface area contributed by atoms with Crippen molar-refractivity contribution in [3.8, 4) is 0 Å². The molecule has 3 amide bonds. The monoisotopic (exact) mass is 446 g/mol. The van der Waals surface area contributed by atoms with Crippen molar-refractivity contribution >= 4 is 39.3 Å². The zero-order valence-corrected chi connectivity index (χ0v) is 16.7. The van der Waals surface area contributed by atoms with Crippen molar-refractivity contribution in [3.63, 3.8) is 0 Å². The molecule has 5 nitrogen and oxygen atoms in total. The normalized spacial score (nSPS) is 20.7. The minimum atomic E-state index is -0.867. The Hall–Kier alpha value is -3.25. The zero-order valence-electron chi connectivity index (χ0n) is 15.2. The summed E-state index contributed by atoms with van der Waals surface area (Å²) >= 11 is 3.41. The number of hydrogen-bond acceptors (Lipinski definition) is 3. The molecular weight excluding hydrogens is 432 g/mol. The van der Waals surface area contributed by atoms with E-state index in [-0.39, 0.29) is 5.91 Å². The smallest absolute Gasteiger partial charge is 0.262 e. The van der Waals surface area contributed by atoms with E-state index < -0.39 is 23.9 Å². The molecule has 0 spiro atoms. The van der Waals surface area contributed by atoms with Gasteiger partial charge in [-0.2, -0.15) is 0 Å². The molecule has 0 N–H and O–H groups in total. The fourth-order valence-corrected chi connectivity index (χ4v) is 4.32. The number of β-lactam (4-membered cyclic amide) rings is 1. The van der Waals surface area contributed by atoms with Crippen LogP contribution in [0.2, 0.25) is 0 Å². The van der Waals surface area contributed by atoms with Gasteiger partial charge in [0.1, 0.15) is 6.04 Å². The maximum absolute atomic E-state index is 13.2. The number of imide groups is 1. The van der Waals surface area contributed by atoms with Crippen molar-refractivity contribution in [2.75, 3.05) is 4.90 Å². The molecular formula is C23H15BrN2O3. The van der Waals surface area contributed by atoms with Crippen LogP contribution >= 0.6 is 15.9 Å². The van der Waals surface area contributed by atoms with E-state index in [1.165, 1.54) is 0 Å². The van der Waals surface area contributed by atoms with Gasteiger partial charge in [0.2, 0.25) is 0 Å². The molecule has 2 aliphatic heterocycles. The van der Waals surface area contributed by atoms with Crippen molar-refractivity contribution in [1.82, 2.24) is 4.90 Å². The Balaban J connectivity index is 1.58. The van der Waals surface area contributed by atoms with E-state index in [4.69, 9.17) is 0 Å². The van der Waals surface area contributed by atoms with Crippen LogP contribution in [0.25, 0.3) is 0 Å². The highest BCUT2D eigenvalue weighted by Gasteiger charge is 2.57. The number of nitrogens with zero attached hydrogens (tertiary/aromatic N) is 2. The van der Waals surface area contributed by atoms with Gasteiger partial charge in [0.25, 0.3) is 17.7 Å². The summed E-state index contributed by atoms with van der Waals surface area (Å²) in [4.78, 5) is 42.0. The summed E-state index contributed by atoms with van der Waals surface area (Å²) in [5.74, 6) is -1.10. The molecule has 5 rings (SSSR count). The molecule has 0 aliphatic carbocycles. The van der Waals surface area contributed by atoms with Gasteiger partial charge in [0.05, 0.1) is 17.2 Å². The fourth-order valence-electron chi connectivity index (χ4n) is 4.06. The molecule has 0 bridgehead atoms. The zero-order chi connectivity index (χ0) is 20.1. The van der Waals surface area contributed by atoms with E-state index in [0.29, 0.717) is 11.1 Å². The Labute approximate surface area is 175 Å². The number of carbonyl (C=O) groups excluding carboxylic acids is 3. The third-order valence-electron chi connectivity index (χ3n) is 5.42. The quantitative estimate of drug-likeness (QED) is 0.447. The van der Waals surface area contributed by atoms with E-state index in [1.54, 1.807) is 29.2 Å². The first-order valence-corrected chi connectivity index (χ1v) is 9.98. The molecule has 29 heavy (non-hydrogen) atoms. The van der Waals surface area contributed by atoms with Crippen molar-refractivity contribution in [3.05, 3.63) is 100 Å². The maximum Gasteiger partial charge on any atom is 0.262 e. The van der Waals surface area contributed by atoms with Gasteiger partial charge in [0, 0.05) is 10.2 Å². The van der Waals surface area contributed by atoms with E-state index in [2.05, 4.69) is 15.9 Å². The van der Waals surface area contributed by atoms with Crippen LogP contribution in [0, 0.1) is 0 Å². The second kappa shape index (κ2) is 6.67. The Morgan fingerprint density at radius 3 is 1.76 bits per heavy atom. The van der Waals surface area contributed by atoms with Crippen LogP contribution in [-0.2, 0) is 4.79 Å². The summed E-state index contributed by atoms with van der Waals surface area (Å²) in [6.07, 6.45) is 0. The topological polar surface area (TPSA) is 57.7 Å². The van der Waals surface area contributed by atoms with Gasteiger partial charge in [-0.15, -0.1) is 0 Å². The average Bonchev–Trinajstić information content (AvgIpc) is 2.99. The first-order chi connectivity index (χ1) is 14.1. The lowest BCUT2D eigenvalue weighted by Crippen LogP contribution is -2.67. The first-order valence-electron chi connectivity index (χ1n) is 9.18. The molecule has 2 heterocycles. The number of benzene rings is 3. The van der Waals surface area contributed by atoms with Crippen molar-refractivity contribution in [1.29, 1.82) is 0 Å². The largest absolute Gasteiger partial charge is 0.300 e. The van der Waals surface area contributed by atoms with Gasteiger partial charge < -0.3 is 4.90 Å². The lowest BCUT2D eigenvalue weighted by Gasteiger charge is -2.49. The Kier molecular flexibility index (Phi) is 4.10. The van der Waals surface area contributed by atoms with E-state index in [9.17, 15) is 14.4 Å². The SMILES string of the molecule is O=C1c2ccccc2C(=O)N1[C@H]1C(=O)N(c2ccc(Br)cc2)[C@@H]1c1ccccc1. The van der Waals surface area contributed by atoms with Crippen LogP contribution in [0.3, 0.4) is 0 Å². The van der Waals surface area contributed by atoms with Gasteiger partial charge >= 0.3 is 0 Å². The molecule has 0 radical (unpaired) electrons. The minimum absolute atomic E-state index is 0.268. The number of anilines is 1. The highest BCUT2D eigenvalue weighted by molar-refractivity contribution is 9.10. The lowest BCUT2D eigenvalue weighted by atomic mass is 9.86. The average molecular weight is 447 g/mol. The van der Waals surface area contributed by atoms with E-state index in [0.717, 1.165) is 20.6 Å². The molecule has 0 unspecified atom stereocenters. The van der Waals surface area contributed by atoms with Crippen molar-refractivity contribution in [2.24, 2.45) is 0 Å². The van der Waals surface area contributed by atoms with Crippen molar-refractivity contribution < 1.29 is 14.4 Å². The summed E-state index contributed by atoms with van der Waals surface area (Å²) in [6.45, 7) is 0. The highest BCUT2D eigenvalue weighted by Crippen LogP contribution is 2.44. The third kappa shape index (κ3) is 2.63. The predicted octanol–water partition coefficient (Wildman–Crippen LogP) is 4.20. The van der Waals surface area contributed by atoms with Crippen LogP contribution in [-0.4, -0.2) is 28.7 Å². The van der Waals surface area contributed by atoms with Crippen LogP contribution in [0.1, 0.15) is 32.3 Å². The molecule has 2 atom stereocenters. The Bertz CT molecular complexity index is 1110. The van der Waals surface area contributed by atoms with Crippen LogP contribution in [0.5, 0.6) is 0 Å². The number of amides is 3. The fraction of sp³-hybridized carbons (Fsp3) is 0.0870. The molecule has 142 valence electrons. The minimum Gasteiger partial charge on any atom is -0.300 e. The van der Waals surface area contributed by atoms with Gasteiger partial charge in [0.15, 0.2) is 0 Å². The molecule has 3 aromatic rings. The number of fused-ring (bicyclic) bond motifs is 1. The molecule has 2 aliphatic rings. The molecule has 3 aromatic carbocycles. The second-order valence-electron chi connectivity index (χ2n) is 7.01. The molecule has 0 saturated carbocycles. The number of rotatable bonds is 3. The maximum atomic E-state index is 13.2. The lowest BCUT2D eigenvalue weighted by molar-refractivity contribution is -0.130. The molecule has 0 aromatic heterocycles. The summed E-state index contributed by atoms with van der Waals surface area (Å²) in [6, 6.07) is 22.3. The van der Waals surface area contributed by atoms with E-state index in [1.807, 2.05) is 54.6 Å². The predicted molar refractivity (Wildman–Crippen MR) is 112 cm³/mol. The highest BCUT2D eigenvalue weighted by atomic mass is 79.9. The third-order valence-corrected chi connectivity index (χ3v) is 5.95. The molecule has 6 heteroatoms. The summed E-state index contributed by atoms with van der Waals surface area (Å²) < 4.78 is 0.905. The van der Waals surface area contributed by atoms with Crippen LogP contribution in [0.4, 0.5) is 5.69 Å². The van der Waals surface area contributed by atoms with Gasteiger partial charge in [-0.1, -0.05) is 58.4 Å². The standard InChI is InChI=1S/C23H15BrN2O3/c24-15-10-12-16(13-11-15)25-19(14-6-2-1-3-7-14)20(23(25)29)26-21(27)17-8-4-5-9-18(17)22(26)28/h1-13,19-20H/t19-,20-/m1/s1. The Morgan fingerprint density at radius 2 is 1.17 bits per heavy atom. The number of hydrogen-bond donors (Lipinski definition) is 0. The summed E-state index contributed by atoms with van der Waals surface area (Å²) in [5, 5.41) is 0. The van der Waals surface area contributed by atoms with Gasteiger partial charge in [-0.3, -0.25) is 19.3 Å². The summed E-state index contributed by atoms with van der Waals surface area (Å²) in [5.41, 5.74) is 2.29. The Morgan fingerprint density at radius 1 is 0.621 bits per heavy atom. The molecule has 1 saturated heterocycles. The van der Waals surface area contributed by atoms with Gasteiger partial charge in [-0.05, 0) is 42.0 Å². The number of carbonyl (C=O) groups is 3. The molecule has 1 fully saturated rings. The summed E-state index contributed by atoms with van der Waals surface area (Å²) in [7, 11) is 0. The van der Waals surface area contributed by atoms with Crippen LogP contribution < -0.4 is 4.90 Å². The number of halogens is 1. The second-order valence-corrected chi connectivity index (χ2v) is 7.93. The van der Waals surface area contributed by atoms with Crippen LogP contribution in [0.15, 0.2) is 83.3 Å². The first kappa shape index (κ1) is 17.8. The van der Waals surface area contributed by atoms with Crippen molar-refractivity contribution in [2.45, 2.75) is 12.1 Å². The van der Waals surface area contributed by atoms with E-state index >= 15 is 0 Å². The van der Waals surface area contributed by atoms with Gasteiger partial charge in [-0.25, -0.2) is 0 Å².